The third-order valence-electron chi connectivity index (χ3n) is 1.03. The molecule has 5 heteroatoms. The highest BCUT2D eigenvalue weighted by molar-refractivity contribution is 5.92. The van der Waals surface area contributed by atoms with Gasteiger partial charge in [-0.15, -0.1) is 0 Å². The average molecular weight is 144 g/mol. The Bertz CT molecular complexity index is 163. The Morgan fingerprint density at radius 3 is 2.00 bits per heavy atom. The fourth-order valence-electron chi connectivity index (χ4n) is 0.392. The maximum atomic E-state index is 10.7. The Hall–Kier alpha value is -1.39. The minimum Gasteiger partial charge on any atom is -0.391 e. The fraction of sp³-hybridized carbons (Fsp3) is 0.400. The number of carbonyl (C=O) groups excluding carboxylic acids is 1. The van der Waals surface area contributed by atoms with E-state index in [9.17, 15) is 4.79 Å². The molecule has 1 amide bonds. The van der Waals surface area contributed by atoms with E-state index in [2.05, 4.69) is 10.6 Å². The first kappa shape index (κ1) is 8.61. The first-order valence-electron chi connectivity index (χ1n) is 2.78. The molecule has 0 radical (unpaired) electrons. The van der Waals surface area contributed by atoms with Crippen LogP contribution < -0.4 is 22.1 Å². The number of nitrogens with two attached hydrogens (primary N) is 2. The highest BCUT2D eigenvalue weighted by Gasteiger charge is 2.04. The molecule has 0 bridgehead atoms. The lowest BCUT2D eigenvalue weighted by Gasteiger charge is -2.03. The predicted molar refractivity (Wildman–Crippen MR) is 38.5 cm³/mol. The minimum absolute atomic E-state index is 0.00463. The van der Waals surface area contributed by atoms with Crippen molar-refractivity contribution in [2.75, 3.05) is 14.1 Å². The van der Waals surface area contributed by atoms with Crippen molar-refractivity contribution in [2.24, 2.45) is 11.5 Å². The molecule has 0 aliphatic carbocycles. The highest BCUT2D eigenvalue weighted by atomic mass is 16.1. The van der Waals surface area contributed by atoms with Crippen LogP contribution >= 0.6 is 0 Å². The second kappa shape index (κ2) is 3.60. The van der Waals surface area contributed by atoms with Gasteiger partial charge in [0.2, 0.25) is 0 Å². The quantitative estimate of drug-likeness (QED) is 0.338. The van der Waals surface area contributed by atoms with E-state index in [-0.39, 0.29) is 17.4 Å². The third kappa shape index (κ3) is 1.85. The first-order valence-corrected chi connectivity index (χ1v) is 2.78. The van der Waals surface area contributed by atoms with Crippen molar-refractivity contribution in [3.63, 3.8) is 0 Å². The molecule has 0 aromatic heterocycles. The summed E-state index contributed by atoms with van der Waals surface area (Å²) in [5, 5.41) is 4.89. The van der Waals surface area contributed by atoms with E-state index in [0.29, 0.717) is 0 Å². The van der Waals surface area contributed by atoms with Crippen molar-refractivity contribution < 1.29 is 4.79 Å². The molecule has 0 saturated carbocycles. The van der Waals surface area contributed by atoms with Crippen LogP contribution in [0.5, 0.6) is 0 Å². The Morgan fingerprint density at radius 2 is 1.70 bits per heavy atom. The largest absolute Gasteiger partial charge is 0.391 e. The molecule has 10 heavy (non-hydrogen) atoms. The van der Waals surface area contributed by atoms with Gasteiger partial charge in [-0.1, -0.05) is 0 Å². The van der Waals surface area contributed by atoms with Crippen LogP contribution in [0.4, 0.5) is 0 Å². The van der Waals surface area contributed by atoms with E-state index < -0.39 is 0 Å². The van der Waals surface area contributed by atoms with Gasteiger partial charge in [-0.3, -0.25) is 4.79 Å². The summed E-state index contributed by atoms with van der Waals surface area (Å²) >= 11 is 0. The SMILES string of the molecule is CNC(=O)/C(N)=C(/N)NC. The summed E-state index contributed by atoms with van der Waals surface area (Å²) in [5.74, 6) is -0.203. The molecule has 0 aliphatic rings. The van der Waals surface area contributed by atoms with Gasteiger partial charge in [0.05, 0.1) is 0 Å². The number of hydrogen-bond donors (Lipinski definition) is 4. The predicted octanol–water partition coefficient (Wildman–Crippen LogP) is -1.96. The van der Waals surface area contributed by atoms with Crippen LogP contribution in [0.25, 0.3) is 0 Å². The summed E-state index contributed by atoms with van der Waals surface area (Å²) in [6.45, 7) is 0. The van der Waals surface area contributed by atoms with Crippen molar-refractivity contribution in [1.82, 2.24) is 10.6 Å². The Morgan fingerprint density at radius 1 is 1.20 bits per heavy atom. The molecule has 0 aromatic rings. The van der Waals surface area contributed by atoms with Crippen LogP contribution in [-0.4, -0.2) is 20.0 Å². The molecule has 0 aliphatic heterocycles. The van der Waals surface area contributed by atoms with Crippen LogP contribution in [0.2, 0.25) is 0 Å². The smallest absolute Gasteiger partial charge is 0.270 e. The summed E-state index contributed by atoms with van der Waals surface area (Å²) in [7, 11) is 3.07. The van der Waals surface area contributed by atoms with Gasteiger partial charge < -0.3 is 22.1 Å². The maximum absolute atomic E-state index is 10.7. The molecule has 0 saturated heterocycles. The van der Waals surface area contributed by atoms with Crippen molar-refractivity contribution in [3.8, 4) is 0 Å². The number of amides is 1. The van der Waals surface area contributed by atoms with Gasteiger partial charge in [0.1, 0.15) is 11.5 Å². The molecule has 0 aromatic carbocycles. The van der Waals surface area contributed by atoms with Crippen LogP contribution in [0, 0.1) is 0 Å². The summed E-state index contributed by atoms with van der Waals surface area (Å²) < 4.78 is 0. The Kier molecular flexibility index (Phi) is 3.10. The zero-order chi connectivity index (χ0) is 8.15. The second-order valence-corrected chi connectivity index (χ2v) is 1.66. The molecule has 0 spiro atoms. The number of nitrogens with one attached hydrogen (secondary N) is 2. The summed E-state index contributed by atoms with van der Waals surface area (Å²) in [6.07, 6.45) is 0. The van der Waals surface area contributed by atoms with Gasteiger partial charge in [-0.25, -0.2) is 0 Å². The monoisotopic (exact) mass is 144 g/mol. The zero-order valence-electron chi connectivity index (χ0n) is 6.06. The standard InChI is InChI=1S/C5H12N4O/c1-8-4(7)3(6)5(10)9-2/h8H,6-7H2,1-2H3,(H,9,10)/b4-3+. The lowest BCUT2D eigenvalue weighted by atomic mass is 10.4. The van der Waals surface area contributed by atoms with Gasteiger partial charge in [-0.2, -0.15) is 0 Å². The second-order valence-electron chi connectivity index (χ2n) is 1.66. The van der Waals surface area contributed by atoms with Gasteiger partial charge >= 0.3 is 0 Å². The van der Waals surface area contributed by atoms with Crippen LogP contribution in [0.3, 0.4) is 0 Å². The van der Waals surface area contributed by atoms with E-state index in [4.69, 9.17) is 11.5 Å². The van der Waals surface area contributed by atoms with Gasteiger partial charge in [0.25, 0.3) is 5.91 Å². The maximum Gasteiger partial charge on any atom is 0.270 e. The molecule has 58 valence electrons. The van der Waals surface area contributed by atoms with Crippen LogP contribution in [0.15, 0.2) is 11.5 Å². The van der Waals surface area contributed by atoms with Crippen molar-refractivity contribution in [2.45, 2.75) is 0 Å². The molecule has 0 fully saturated rings. The lowest BCUT2D eigenvalue weighted by Crippen LogP contribution is -2.31. The molecular weight excluding hydrogens is 132 g/mol. The molecule has 5 nitrogen and oxygen atoms in total. The van der Waals surface area contributed by atoms with Crippen molar-refractivity contribution >= 4 is 5.91 Å². The number of rotatable bonds is 2. The van der Waals surface area contributed by atoms with Crippen molar-refractivity contribution in [1.29, 1.82) is 0 Å². The topological polar surface area (TPSA) is 93.2 Å². The van der Waals surface area contributed by atoms with E-state index in [1.165, 1.54) is 7.05 Å². The number of hydrogen-bond acceptors (Lipinski definition) is 4. The summed E-state index contributed by atoms with van der Waals surface area (Å²) in [5.41, 5.74) is 10.5. The minimum atomic E-state index is -0.383. The van der Waals surface area contributed by atoms with E-state index in [0.717, 1.165) is 0 Å². The van der Waals surface area contributed by atoms with Gasteiger partial charge in [-0.05, 0) is 0 Å². The van der Waals surface area contributed by atoms with E-state index in [1.54, 1.807) is 7.05 Å². The van der Waals surface area contributed by atoms with E-state index in [1.807, 2.05) is 0 Å². The molecule has 0 atom stereocenters. The van der Waals surface area contributed by atoms with E-state index >= 15 is 0 Å². The fourth-order valence-corrected chi connectivity index (χ4v) is 0.392. The normalized spacial score (nSPS) is 11.8. The third-order valence-corrected chi connectivity index (χ3v) is 1.03. The molecule has 0 unspecified atom stereocenters. The average Bonchev–Trinajstić information content (AvgIpc) is 2.00. The molecule has 6 N–H and O–H groups in total. The lowest BCUT2D eigenvalue weighted by molar-refractivity contribution is -0.117. The Labute approximate surface area is 59.5 Å². The zero-order valence-corrected chi connectivity index (χ0v) is 6.06. The summed E-state index contributed by atoms with van der Waals surface area (Å²) in [4.78, 5) is 10.7. The van der Waals surface area contributed by atoms with Gasteiger partial charge in [0.15, 0.2) is 0 Å². The highest BCUT2D eigenvalue weighted by Crippen LogP contribution is 1.84. The first-order chi connectivity index (χ1) is 4.63. The molecule has 0 heterocycles. The molecule has 0 rings (SSSR count). The van der Waals surface area contributed by atoms with Crippen LogP contribution in [0.1, 0.15) is 0 Å². The van der Waals surface area contributed by atoms with Crippen LogP contribution in [-0.2, 0) is 4.79 Å². The Balaban J connectivity index is 4.30. The van der Waals surface area contributed by atoms with Gasteiger partial charge in [0, 0.05) is 14.1 Å². The number of carbonyl (C=O) groups is 1. The van der Waals surface area contributed by atoms with Crippen molar-refractivity contribution in [3.05, 3.63) is 11.5 Å². The number of likely N-dealkylation sites (N-methyl/N-ethyl adjacent to an activating group) is 1. The summed E-state index contributed by atoms with van der Waals surface area (Å²) in [6, 6.07) is 0. The molecular formula is C5H12N4O.